The molecule has 1 saturated heterocycles. The average Bonchev–Trinajstić information content (AvgIpc) is 3.12. The molecule has 0 unspecified atom stereocenters. The molecule has 2 N–H and O–H groups in total. The minimum atomic E-state index is -0.531. The predicted molar refractivity (Wildman–Crippen MR) is 97.1 cm³/mol. The van der Waals surface area contributed by atoms with Crippen molar-refractivity contribution >= 4 is 11.6 Å². The molecule has 1 saturated carbocycles. The van der Waals surface area contributed by atoms with Gasteiger partial charge in [0.25, 0.3) is 5.56 Å². The third-order valence-electron chi connectivity index (χ3n) is 5.41. The Kier molecular flexibility index (Phi) is 4.57. The van der Waals surface area contributed by atoms with Gasteiger partial charge in [-0.3, -0.25) is 14.2 Å². The Morgan fingerprint density at radius 3 is 2.33 bits per heavy atom. The summed E-state index contributed by atoms with van der Waals surface area (Å²) in [5.41, 5.74) is 6.56. The van der Waals surface area contributed by atoms with E-state index in [2.05, 4.69) is 0 Å². The molecule has 0 radical (unpaired) electrons. The van der Waals surface area contributed by atoms with Crippen molar-refractivity contribution in [3.63, 3.8) is 0 Å². The van der Waals surface area contributed by atoms with Crippen LogP contribution in [0.25, 0.3) is 0 Å². The molecule has 0 atom stereocenters. The highest BCUT2D eigenvalue weighted by atomic mass is 19.1. The van der Waals surface area contributed by atoms with Crippen molar-refractivity contribution in [3.05, 3.63) is 63.7 Å². The fourth-order valence-corrected chi connectivity index (χ4v) is 3.98. The van der Waals surface area contributed by atoms with E-state index >= 15 is 0 Å². The van der Waals surface area contributed by atoms with Crippen molar-refractivity contribution in [3.8, 4) is 0 Å². The van der Waals surface area contributed by atoms with E-state index in [1.165, 1.54) is 41.0 Å². The van der Waals surface area contributed by atoms with Gasteiger partial charge in [-0.05, 0) is 43.2 Å². The Hall–Kier alpha value is -2.51. The number of hydrogen-bond acceptors (Lipinski definition) is 5. The molecule has 1 spiro atoms. The number of pyridine rings is 1. The molecule has 2 heterocycles. The summed E-state index contributed by atoms with van der Waals surface area (Å²) in [6.07, 6.45) is 2.72. The number of ketones is 1. The molecule has 2 aromatic rings. The molecule has 2 fully saturated rings. The Labute approximate surface area is 155 Å². The molecule has 7 heteroatoms. The summed E-state index contributed by atoms with van der Waals surface area (Å²) in [4.78, 5) is 25.2. The van der Waals surface area contributed by atoms with Crippen LogP contribution in [0.5, 0.6) is 0 Å². The number of anilines is 1. The van der Waals surface area contributed by atoms with Crippen molar-refractivity contribution in [2.75, 3.05) is 18.9 Å². The fourth-order valence-electron chi connectivity index (χ4n) is 3.98. The maximum atomic E-state index is 13.1. The van der Waals surface area contributed by atoms with Gasteiger partial charge >= 0.3 is 0 Å². The van der Waals surface area contributed by atoms with Crippen LogP contribution in [0.3, 0.4) is 0 Å². The number of nitrogens with two attached hydrogens (primary N) is 1. The topological polar surface area (TPSA) is 83.6 Å². The molecule has 27 heavy (non-hydrogen) atoms. The van der Waals surface area contributed by atoms with Crippen molar-refractivity contribution < 1.29 is 18.7 Å². The second-order valence-corrected chi connectivity index (χ2v) is 7.02. The molecule has 2 aliphatic rings. The molecule has 4 rings (SSSR count). The zero-order valence-corrected chi connectivity index (χ0v) is 14.8. The quantitative estimate of drug-likeness (QED) is 0.838. The van der Waals surface area contributed by atoms with Gasteiger partial charge in [0, 0.05) is 30.5 Å². The van der Waals surface area contributed by atoms with Crippen molar-refractivity contribution in [2.45, 2.75) is 37.5 Å². The summed E-state index contributed by atoms with van der Waals surface area (Å²) < 4.78 is 26.1. The normalized spacial score (nSPS) is 19.4. The van der Waals surface area contributed by atoms with Gasteiger partial charge in [-0.15, -0.1) is 0 Å². The molecule has 142 valence electrons. The van der Waals surface area contributed by atoms with E-state index in [0.29, 0.717) is 44.5 Å². The van der Waals surface area contributed by atoms with Gasteiger partial charge in [0.15, 0.2) is 11.6 Å². The number of aromatic nitrogens is 1. The molecule has 1 aromatic carbocycles. The number of rotatable bonds is 3. The van der Waals surface area contributed by atoms with E-state index in [-0.39, 0.29) is 28.8 Å². The van der Waals surface area contributed by atoms with E-state index < -0.39 is 11.6 Å². The lowest BCUT2D eigenvalue weighted by Crippen LogP contribution is -2.38. The first kappa shape index (κ1) is 17.9. The van der Waals surface area contributed by atoms with Gasteiger partial charge in [0.2, 0.25) is 0 Å². The number of carbonyl (C=O) groups is 1. The second-order valence-electron chi connectivity index (χ2n) is 7.02. The third kappa shape index (κ3) is 3.28. The van der Waals surface area contributed by atoms with Crippen LogP contribution in [0.2, 0.25) is 0 Å². The average molecular weight is 372 g/mol. The highest BCUT2D eigenvalue weighted by molar-refractivity contribution is 6.11. The van der Waals surface area contributed by atoms with Gasteiger partial charge in [0.1, 0.15) is 11.6 Å². The van der Waals surface area contributed by atoms with Crippen LogP contribution in [-0.4, -0.2) is 29.4 Å². The minimum absolute atomic E-state index is 0.114. The second kappa shape index (κ2) is 6.90. The third-order valence-corrected chi connectivity index (χ3v) is 5.41. The number of nitrogen functional groups attached to an aromatic ring is 1. The number of nitrogens with zero attached hydrogens (tertiary/aromatic N) is 1. The minimum Gasteiger partial charge on any atom is -0.384 e. The van der Waals surface area contributed by atoms with Crippen molar-refractivity contribution in [2.24, 2.45) is 0 Å². The van der Waals surface area contributed by atoms with Gasteiger partial charge in [-0.1, -0.05) is 0 Å². The molecule has 6 nitrogen and oxygen atoms in total. The van der Waals surface area contributed by atoms with E-state index in [9.17, 15) is 14.0 Å². The van der Waals surface area contributed by atoms with Gasteiger partial charge in [-0.2, -0.15) is 0 Å². The van der Waals surface area contributed by atoms with Crippen LogP contribution in [0.15, 0.2) is 41.2 Å². The Bertz CT molecular complexity index is 907. The lowest BCUT2D eigenvalue weighted by Gasteiger charge is -2.36. The SMILES string of the molecule is Nc1c(C(=O)c2ccc(F)cc2)ccc(=O)n1C1CCC2(CC1)OCCO2. The number of halogens is 1. The van der Waals surface area contributed by atoms with E-state index in [1.807, 2.05) is 0 Å². The summed E-state index contributed by atoms with van der Waals surface area (Å²) in [6.45, 7) is 1.18. The highest BCUT2D eigenvalue weighted by Crippen LogP contribution is 2.40. The summed E-state index contributed by atoms with van der Waals surface area (Å²) in [6, 6.07) is 7.95. The Morgan fingerprint density at radius 1 is 1.07 bits per heavy atom. The van der Waals surface area contributed by atoms with Gasteiger partial charge in [0.05, 0.1) is 18.8 Å². The zero-order valence-electron chi connectivity index (χ0n) is 14.8. The first-order valence-electron chi connectivity index (χ1n) is 9.08. The molecular weight excluding hydrogens is 351 g/mol. The summed E-state index contributed by atoms with van der Waals surface area (Å²) >= 11 is 0. The van der Waals surface area contributed by atoms with Crippen LogP contribution in [0.1, 0.15) is 47.6 Å². The number of ether oxygens (including phenoxy) is 2. The molecule has 0 bridgehead atoms. The monoisotopic (exact) mass is 372 g/mol. The van der Waals surface area contributed by atoms with Gasteiger partial charge in [-0.25, -0.2) is 4.39 Å². The first-order valence-corrected chi connectivity index (χ1v) is 9.08. The summed E-state index contributed by atoms with van der Waals surface area (Å²) in [5.74, 6) is -1.14. The summed E-state index contributed by atoms with van der Waals surface area (Å²) in [5, 5.41) is 0. The lowest BCUT2D eigenvalue weighted by molar-refractivity contribution is -0.181. The van der Waals surface area contributed by atoms with Crippen LogP contribution in [-0.2, 0) is 9.47 Å². The van der Waals surface area contributed by atoms with E-state index in [4.69, 9.17) is 15.2 Å². The van der Waals surface area contributed by atoms with Crippen molar-refractivity contribution in [1.29, 1.82) is 0 Å². The molecular formula is C20H21FN2O4. The largest absolute Gasteiger partial charge is 0.384 e. The lowest BCUT2D eigenvalue weighted by atomic mass is 9.89. The highest BCUT2D eigenvalue weighted by Gasteiger charge is 2.41. The standard InChI is InChI=1S/C20H21FN2O4/c21-14-3-1-13(2-4-14)18(25)16-5-6-17(24)23(19(16)22)15-7-9-20(10-8-15)26-11-12-27-20/h1-6,15H,7-12,22H2. The Balaban J connectivity index is 1.62. The van der Waals surface area contributed by atoms with Crippen LogP contribution in [0.4, 0.5) is 10.2 Å². The van der Waals surface area contributed by atoms with Crippen LogP contribution < -0.4 is 11.3 Å². The fraction of sp³-hybridized carbons (Fsp3) is 0.400. The van der Waals surface area contributed by atoms with Gasteiger partial charge < -0.3 is 15.2 Å². The number of carbonyl (C=O) groups excluding carboxylic acids is 1. The number of benzene rings is 1. The smallest absolute Gasteiger partial charge is 0.252 e. The molecule has 1 aliphatic carbocycles. The predicted octanol–water partition coefficient (Wildman–Crippen LogP) is 2.66. The maximum absolute atomic E-state index is 13.1. The summed E-state index contributed by atoms with van der Waals surface area (Å²) in [7, 11) is 0. The van der Waals surface area contributed by atoms with Crippen LogP contribution >= 0.6 is 0 Å². The Morgan fingerprint density at radius 2 is 1.70 bits per heavy atom. The maximum Gasteiger partial charge on any atom is 0.252 e. The molecule has 0 amide bonds. The van der Waals surface area contributed by atoms with E-state index in [0.717, 1.165) is 0 Å². The molecule has 1 aliphatic heterocycles. The van der Waals surface area contributed by atoms with Crippen molar-refractivity contribution in [1.82, 2.24) is 4.57 Å². The van der Waals surface area contributed by atoms with E-state index in [1.54, 1.807) is 0 Å². The first-order chi connectivity index (χ1) is 13.0. The van der Waals surface area contributed by atoms with Crippen LogP contribution in [0, 0.1) is 5.82 Å². The zero-order chi connectivity index (χ0) is 19.0. The molecule has 1 aromatic heterocycles. The number of hydrogen-bond donors (Lipinski definition) is 1.